The molecule has 0 bridgehead atoms. The van der Waals surface area contributed by atoms with E-state index in [-0.39, 0.29) is 66.9 Å². The summed E-state index contributed by atoms with van der Waals surface area (Å²) in [5.74, 6) is -3.62. The van der Waals surface area contributed by atoms with Crippen LogP contribution < -0.4 is 0 Å². The molecule has 4 saturated carbocycles. The number of rotatable bonds is 31. The third kappa shape index (κ3) is 22.0. The minimum absolute atomic E-state index is 0.00109. The van der Waals surface area contributed by atoms with Crippen molar-refractivity contribution in [3.63, 3.8) is 0 Å². The van der Waals surface area contributed by atoms with Crippen LogP contribution in [0.2, 0.25) is 0 Å². The van der Waals surface area contributed by atoms with Crippen LogP contribution in [-0.2, 0) is 99.6 Å². The molecule has 13 rings (SSSR count). The second-order valence-corrected chi connectivity index (χ2v) is 42.5. The number of aliphatic hydroxyl groups is 21. The Kier molecular flexibility index (Phi) is 34.6. The van der Waals surface area contributed by atoms with Gasteiger partial charge in [-0.15, -0.1) is 13.2 Å². The minimum atomic E-state index is -2.22. The fourth-order valence-electron chi connectivity index (χ4n) is 23.3. The third-order valence-corrected chi connectivity index (χ3v) is 32.4. The zero-order valence-electron chi connectivity index (χ0n) is 79.2. The van der Waals surface area contributed by atoms with Crippen molar-refractivity contribution < 1.29 is 207 Å². The second kappa shape index (κ2) is 43.1. The molecule has 8 heterocycles. The van der Waals surface area contributed by atoms with Gasteiger partial charge in [0, 0.05) is 5.57 Å². The zero-order valence-corrected chi connectivity index (χ0v) is 79.2. The lowest BCUT2D eigenvalue weighted by Gasteiger charge is -2.71. The summed E-state index contributed by atoms with van der Waals surface area (Å²) >= 11 is 0. The maximum Gasteiger partial charge on any atom is 0.336 e. The fourth-order valence-corrected chi connectivity index (χ4v) is 23.3. The molecule has 42 nitrogen and oxygen atoms in total. The Hall–Kier alpha value is -4.33. The predicted molar refractivity (Wildman–Crippen MR) is 463 cm³/mol. The first-order valence-electron chi connectivity index (χ1n) is 47.6. The number of carbonyl (C=O) groups excluding carboxylic acids is 3. The smallest absolute Gasteiger partial charge is 0.336 e. The summed E-state index contributed by atoms with van der Waals surface area (Å²) < 4.78 is 110. The largest absolute Gasteiger partial charge is 0.452 e. The number of fused-ring (bicyclic) bond motifs is 7. The Morgan fingerprint density at radius 1 is 0.456 bits per heavy atom. The maximum atomic E-state index is 16.6. The van der Waals surface area contributed by atoms with E-state index >= 15 is 4.79 Å². The van der Waals surface area contributed by atoms with Crippen LogP contribution in [0.3, 0.4) is 0 Å². The van der Waals surface area contributed by atoms with E-state index < -0.39 is 336 Å². The van der Waals surface area contributed by atoms with Crippen LogP contribution in [0, 0.1) is 50.2 Å². The van der Waals surface area contributed by atoms with Crippen molar-refractivity contribution in [1.29, 1.82) is 0 Å². The summed E-state index contributed by atoms with van der Waals surface area (Å²) in [7, 11) is 0. The van der Waals surface area contributed by atoms with Gasteiger partial charge < -0.3 is 193 Å². The molecule has 8 saturated heterocycles. The SMILES string of the molecule is C=CC(C)(O)CCC=C(C)C(=O)OC1C(OCC2OC(OC(=O)C34CCC(C)(C)CC3C3=CCC5C6(C)CCC(OC7OC(COC8OCC(O)C(O)C8O)C(O)C(O)C7OC7OCC(O)C(O)C7O)C(C)(C)C6CCC5(C)C3(C)CC4)C(OC3OC(C)C(OC4OCC(O)C(OC5OCC(O)C(O)C5O)C4O)C(O)C3O)C(O)C2O)OC(C)C(O)C1OC(=O)C(=CCCC(C)(O)C=C)CO. The molecule has 8 aliphatic heterocycles. The summed E-state index contributed by atoms with van der Waals surface area (Å²) in [5.41, 5.74) is -5.91. The van der Waals surface area contributed by atoms with Gasteiger partial charge in [0.25, 0.3) is 0 Å². The first kappa shape index (κ1) is 109. The summed E-state index contributed by atoms with van der Waals surface area (Å²) in [6, 6.07) is 0. The molecule has 776 valence electrons. The minimum Gasteiger partial charge on any atom is -0.452 e. The Morgan fingerprint density at radius 2 is 0.934 bits per heavy atom. The number of carbonyl (C=O) groups is 3. The van der Waals surface area contributed by atoms with Gasteiger partial charge in [-0.05, 0) is 169 Å². The molecule has 46 atom stereocenters. The molecular formula is C94H148O42. The van der Waals surface area contributed by atoms with E-state index in [0.29, 0.717) is 51.4 Å². The van der Waals surface area contributed by atoms with Crippen LogP contribution in [0.5, 0.6) is 0 Å². The maximum absolute atomic E-state index is 16.6. The van der Waals surface area contributed by atoms with E-state index in [1.165, 1.54) is 58.9 Å². The highest BCUT2D eigenvalue weighted by Crippen LogP contribution is 2.76. The number of aliphatic hydroxyl groups excluding tert-OH is 19. The molecule has 0 aromatic carbocycles. The highest BCUT2D eigenvalue weighted by Gasteiger charge is 2.71. The second-order valence-electron chi connectivity index (χ2n) is 42.5. The molecule has 42 heteroatoms. The molecule has 46 unspecified atom stereocenters. The van der Waals surface area contributed by atoms with Gasteiger partial charge in [0.2, 0.25) is 6.29 Å². The molecule has 5 aliphatic carbocycles. The van der Waals surface area contributed by atoms with Crippen LogP contribution >= 0.6 is 0 Å². The fraction of sp³-hybridized carbons (Fsp3) is 0.862. The first-order valence-corrected chi connectivity index (χ1v) is 47.6. The molecule has 21 N–H and O–H groups in total. The van der Waals surface area contributed by atoms with E-state index in [2.05, 4.69) is 67.7 Å². The summed E-state index contributed by atoms with van der Waals surface area (Å²) in [5, 5.41) is 234. The lowest BCUT2D eigenvalue weighted by molar-refractivity contribution is -0.381. The normalized spacial score (nSPS) is 48.0. The average molecular weight is 1950 g/mol. The van der Waals surface area contributed by atoms with Crippen molar-refractivity contribution >= 4 is 17.9 Å². The van der Waals surface area contributed by atoms with Crippen LogP contribution in [0.15, 0.2) is 60.3 Å². The number of hydrogen-bond donors (Lipinski definition) is 21. The highest BCUT2D eigenvalue weighted by atomic mass is 16.8. The average Bonchev–Trinajstić information content (AvgIpc) is 0.672. The molecule has 136 heavy (non-hydrogen) atoms. The predicted octanol–water partition coefficient (Wildman–Crippen LogP) is -2.73. The van der Waals surface area contributed by atoms with E-state index in [9.17, 15) is 117 Å². The zero-order chi connectivity index (χ0) is 99.7. The van der Waals surface area contributed by atoms with Crippen molar-refractivity contribution in [1.82, 2.24) is 0 Å². The molecule has 0 amide bonds. The molecule has 0 radical (unpaired) electrons. The first-order chi connectivity index (χ1) is 63.7. The van der Waals surface area contributed by atoms with Gasteiger partial charge in [0.15, 0.2) is 62.3 Å². The number of ether oxygens (including phenoxy) is 18. The van der Waals surface area contributed by atoms with Crippen molar-refractivity contribution in [2.45, 2.75) is 412 Å². The lowest BCUT2D eigenvalue weighted by atomic mass is 9.33. The molecule has 0 aromatic heterocycles. The standard InChI is InChI=1S/C94H148O42/c1-15-89(10,117)25-17-19-41(3)76(114)131-75-72(130-77(115)44(34-95)20-18-26-90(11,118)16-2)56(100)42(4)125-83(75)124-40-52-61(105)63(107)74(135-82-68(112)64(108)70(43(5)126-82)132-81-69(113)71(50(99)38-122-81)133-79-66(110)58(102)48(97)36-120-79)85(128-52)136-86(116)94-31-29-87(6,7)33-46(94)45-21-22-54-91(12)27-24-55(88(8,9)53(91)23-28-93(54,14)92(45,13)30-32-94)129-84-73(134-80-67(111)59(103)49(98)37-121-80)62(106)60(104)51(127-84)39-123-78-65(109)57(101)47(96)35-119-78/h15-16,19-21,42-43,46-75,78-85,95-113,117-118H,1-2,17-18,22-40H2,3-14H3. The van der Waals surface area contributed by atoms with Gasteiger partial charge in [-0.2, -0.15) is 0 Å². The molecule has 0 aromatic rings. The number of hydrogen-bond acceptors (Lipinski definition) is 42. The van der Waals surface area contributed by atoms with Crippen LogP contribution in [0.1, 0.15) is 173 Å². The van der Waals surface area contributed by atoms with Crippen molar-refractivity contribution in [2.75, 3.05) is 46.2 Å². The topological polar surface area (TPSA) is 642 Å². The van der Waals surface area contributed by atoms with Gasteiger partial charge in [0.05, 0.1) is 86.8 Å². The van der Waals surface area contributed by atoms with Gasteiger partial charge in [-0.25, -0.2) is 9.59 Å². The van der Waals surface area contributed by atoms with Gasteiger partial charge in [-0.1, -0.05) is 84.4 Å². The highest BCUT2D eigenvalue weighted by molar-refractivity contribution is 5.89. The van der Waals surface area contributed by atoms with Crippen LogP contribution in [-0.4, -0.2) is 410 Å². The number of esters is 3. The summed E-state index contributed by atoms with van der Waals surface area (Å²) in [4.78, 5) is 45.1. The molecular weight excluding hydrogens is 1800 g/mol. The van der Waals surface area contributed by atoms with Gasteiger partial charge >= 0.3 is 17.9 Å². The van der Waals surface area contributed by atoms with E-state index in [1.54, 1.807) is 0 Å². The molecule has 13 aliphatic rings. The van der Waals surface area contributed by atoms with E-state index in [4.69, 9.17) is 85.3 Å². The Labute approximate surface area is 789 Å². The Bertz CT molecular complexity index is 4150. The van der Waals surface area contributed by atoms with E-state index in [1.807, 2.05) is 0 Å². The van der Waals surface area contributed by atoms with Crippen molar-refractivity contribution in [2.24, 2.45) is 50.2 Å². The molecule has 0 spiro atoms. The van der Waals surface area contributed by atoms with Gasteiger partial charge in [0.1, 0.15) is 140 Å². The van der Waals surface area contributed by atoms with E-state index in [0.717, 1.165) is 5.57 Å². The summed E-state index contributed by atoms with van der Waals surface area (Å²) in [6.07, 6.45) is -50.9. The monoisotopic (exact) mass is 1950 g/mol. The van der Waals surface area contributed by atoms with Crippen molar-refractivity contribution in [3.05, 3.63) is 60.3 Å². The Balaban J connectivity index is 0.781. The summed E-state index contributed by atoms with van der Waals surface area (Å²) in [6.45, 7) is 25.6. The van der Waals surface area contributed by atoms with Crippen LogP contribution in [0.4, 0.5) is 0 Å². The Morgan fingerprint density at radius 3 is 1.51 bits per heavy atom. The third-order valence-electron chi connectivity index (χ3n) is 32.4. The molecule has 12 fully saturated rings. The van der Waals surface area contributed by atoms with Crippen LogP contribution in [0.25, 0.3) is 0 Å². The number of allylic oxidation sites excluding steroid dienone is 4. The van der Waals surface area contributed by atoms with Gasteiger partial charge in [-0.3, -0.25) is 4.79 Å². The van der Waals surface area contributed by atoms with Crippen molar-refractivity contribution in [3.8, 4) is 0 Å². The quantitative estimate of drug-likeness (QED) is 0.0110. The lowest BCUT2D eigenvalue weighted by Crippen LogP contribution is -2.67.